The number of hydrogen-bond acceptors (Lipinski definition) is 11. The van der Waals surface area contributed by atoms with Gasteiger partial charge in [0.05, 0.1) is 11.6 Å². The van der Waals surface area contributed by atoms with Crippen LogP contribution >= 0.6 is 0 Å². The average molecular weight is 605 g/mol. The Kier molecular flexibility index (Phi) is 6.99. The van der Waals surface area contributed by atoms with E-state index in [4.69, 9.17) is 10.5 Å². The van der Waals surface area contributed by atoms with Crippen molar-refractivity contribution in [2.75, 3.05) is 39.8 Å². The normalized spacial score (nSPS) is 26.5. The molecule has 0 spiro atoms. The Morgan fingerprint density at radius 3 is 2.50 bits per heavy atom. The number of carbonyl (C=O) groups excluding carboxylic acids is 3. The van der Waals surface area contributed by atoms with Crippen molar-refractivity contribution in [2.45, 2.75) is 37.6 Å². The topological polar surface area (TPSA) is 177 Å². The van der Waals surface area contributed by atoms with Crippen LogP contribution in [0.3, 0.4) is 0 Å². The first-order chi connectivity index (χ1) is 20.8. The summed E-state index contributed by atoms with van der Waals surface area (Å²) in [5.74, 6) is -5.88. The molecule has 1 fully saturated rings. The van der Waals surface area contributed by atoms with E-state index in [9.17, 15) is 34.8 Å². The number of aliphatic hydroxyl groups is 3. The first-order valence-corrected chi connectivity index (χ1v) is 14.4. The number of aliphatic hydroxyl groups excluding tert-OH is 2. The number of anilines is 1. The number of rotatable bonds is 5. The minimum Gasteiger partial charge on any atom is -0.508 e. The summed E-state index contributed by atoms with van der Waals surface area (Å²) in [6.45, 7) is 1.14. The number of phenols is 1. The first kappa shape index (κ1) is 29.7. The highest BCUT2D eigenvalue weighted by atomic mass is 16.5. The number of amides is 1. The monoisotopic (exact) mass is 604 g/mol. The van der Waals surface area contributed by atoms with Crippen LogP contribution < -0.4 is 15.4 Å². The SMILES string of the molecule is CN(C)c1cc(CN2COc3ccccc3C2)c(O)c2c1C[C@H]1C[C@H]3C(N(C)C)C(=O)C(C(N)=O)=C(O)[C@@]3(O)C(=O)C1=C2O. The molecule has 4 aliphatic rings. The van der Waals surface area contributed by atoms with Crippen LogP contribution in [0.4, 0.5) is 5.69 Å². The lowest BCUT2D eigenvalue weighted by molar-refractivity contribution is -0.153. The summed E-state index contributed by atoms with van der Waals surface area (Å²) < 4.78 is 5.89. The molecule has 1 heterocycles. The number of ether oxygens (including phenoxy) is 1. The van der Waals surface area contributed by atoms with E-state index in [1.165, 1.54) is 4.90 Å². The number of primary amides is 1. The zero-order valence-electron chi connectivity index (χ0n) is 25.0. The van der Waals surface area contributed by atoms with Gasteiger partial charge in [-0.1, -0.05) is 18.2 Å². The van der Waals surface area contributed by atoms with Gasteiger partial charge < -0.3 is 35.8 Å². The van der Waals surface area contributed by atoms with Crippen LogP contribution in [-0.4, -0.2) is 94.3 Å². The molecule has 4 atom stereocenters. The molecule has 0 aromatic heterocycles. The second-order valence-electron chi connectivity index (χ2n) is 12.5. The third kappa shape index (κ3) is 4.20. The van der Waals surface area contributed by atoms with Crippen molar-refractivity contribution < 1.29 is 39.5 Å². The van der Waals surface area contributed by atoms with E-state index in [1.54, 1.807) is 14.1 Å². The van der Waals surface area contributed by atoms with Crippen LogP contribution in [0, 0.1) is 11.8 Å². The van der Waals surface area contributed by atoms with Crippen molar-refractivity contribution >= 4 is 28.9 Å². The standard InChI is InChI=1S/C32H36N4O8/c1-34(2)20-11-17(13-36-12-15-7-5-6-8-21(15)44-14-36)26(37)23-18(20)9-16-10-19-25(35(3)4)28(39)24(31(33)42)30(41)32(19,43)29(40)22(16)27(23)38/h5-8,11,16,19,25,37-38,41,43H,9-10,12-14H2,1-4H3,(H2,33,42)/t16-,19-,25?,32-/m0/s1. The maximum absolute atomic E-state index is 14.2. The number of nitrogens with two attached hydrogens (primary N) is 1. The molecule has 2 aromatic rings. The summed E-state index contributed by atoms with van der Waals surface area (Å²) >= 11 is 0. The van der Waals surface area contributed by atoms with Crippen LogP contribution in [0.2, 0.25) is 0 Å². The zero-order valence-corrected chi connectivity index (χ0v) is 25.0. The van der Waals surface area contributed by atoms with Gasteiger partial charge in [-0.3, -0.25) is 24.2 Å². The molecule has 1 amide bonds. The molecule has 44 heavy (non-hydrogen) atoms. The number of benzene rings is 2. The minimum absolute atomic E-state index is 0.0334. The molecule has 12 heteroatoms. The fourth-order valence-electron chi connectivity index (χ4n) is 7.43. The largest absolute Gasteiger partial charge is 0.508 e. The number of nitrogens with zero attached hydrogens (tertiary/aromatic N) is 3. The van der Waals surface area contributed by atoms with Gasteiger partial charge in [-0.2, -0.15) is 0 Å². The average Bonchev–Trinajstić information content (AvgIpc) is 2.95. The molecule has 6 N–H and O–H groups in total. The van der Waals surface area contributed by atoms with Crippen LogP contribution in [0.1, 0.15) is 28.7 Å². The third-order valence-electron chi connectivity index (χ3n) is 9.42. The van der Waals surface area contributed by atoms with E-state index in [-0.39, 0.29) is 43.0 Å². The smallest absolute Gasteiger partial charge is 0.255 e. The summed E-state index contributed by atoms with van der Waals surface area (Å²) in [6.07, 6.45) is 0.252. The quantitative estimate of drug-likeness (QED) is 0.312. The Morgan fingerprint density at radius 2 is 1.84 bits per heavy atom. The van der Waals surface area contributed by atoms with E-state index in [0.717, 1.165) is 17.0 Å². The van der Waals surface area contributed by atoms with E-state index in [0.29, 0.717) is 17.7 Å². The van der Waals surface area contributed by atoms with Gasteiger partial charge in [0.2, 0.25) is 5.78 Å². The maximum Gasteiger partial charge on any atom is 0.255 e. The van der Waals surface area contributed by atoms with E-state index >= 15 is 0 Å². The number of carbonyl (C=O) groups is 3. The number of aromatic hydroxyl groups is 1. The van der Waals surface area contributed by atoms with Crippen molar-refractivity contribution in [1.29, 1.82) is 0 Å². The van der Waals surface area contributed by atoms with Gasteiger partial charge in [0.15, 0.2) is 11.4 Å². The molecule has 0 bridgehead atoms. The number of para-hydroxylation sites is 1. The number of likely N-dealkylation sites (N-methyl/N-ethyl adjacent to an activating group) is 1. The highest BCUT2D eigenvalue weighted by molar-refractivity contribution is 6.24. The van der Waals surface area contributed by atoms with Crippen LogP contribution in [-0.2, 0) is 33.9 Å². The van der Waals surface area contributed by atoms with Crippen molar-refractivity contribution in [3.8, 4) is 11.5 Å². The lowest BCUT2D eigenvalue weighted by atomic mass is 9.57. The maximum atomic E-state index is 14.2. The zero-order chi connectivity index (χ0) is 31.8. The predicted molar refractivity (Wildman–Crippen MR) is 160 cm³/mol. The summed E-state index contributed by atoms with van der Waals surface area (Å²) in [4.78, 5) is 45.0. The van der Waals surface area contributed by atoms with Gasteiger partial charge in [0, 0.05) is 55.5 Å². The van der Waals surface area contributed by atoms with E-state index < -0.39 is 58.0 Å². The molecule has 12 nitrogen and oxygen atoms in total. The first-order valence-electron chi connectivity index (χ1n) is 14.4. The number of Topliss-reactive ketones (excluding diaryl/α,β-unsaturated/α-hetero) is 2. The minimum atomic E-state index is -2.68. The Morgan fingerprint density at radius 1 is 1.14 bits per heavy atom. The number of phenolic OH excluding ortho intramolecular Hbond substituents is 1. The van der Waals surface area contributed by atoms with Gasteiger partial charge in [-0.25, -0.2) is 0 Å². The van der Waals surface area contributed by atoms with Crippen LogP contribution in [0.25, 0.3) is 5.76 Å². The molecule has 1 aliphatic heterocycles. The molecular formula is C32H36N4O8. The fraction of sp³-hybridized carbons (Fsp3) is 0.406. The molecule has 1 saturated carbocycles. The van der Waals surface area contributed by atoms with Crippen molar-refractivity contribution in [1.82, 2.24) is 9.80 Å². The van der Waals surface area contributed by atoms with Crippen molar-refractivity contribution in [2.24, 2.45) is 17.6 Å². The Labute approximate surface area is 254 Å². The van der Waals surface area contributed by atoms with Crippen molar-refractivity contribution in [3.05, 3.63) is 69.5 Å². The summed E-state index contributed by atoms with van der Waals surface area (Å²) in [6, 6.07) is 8.42. The Balaban J connectivity index is 1.47. The number of ketones is 2. The molecule has 0 radical (unpaired) electrons. The summed E-state index contributed by atoms with van der Waals surface area (Å²) in [5.41, 5.74) is 4.63. The second kappa shape index (κ2) is 10.4. The van der Waals surface area contributed by atoms with E-state index in [1.807, 2.05) is 54.2 Å². The van der Waals surface area contributed by atoms with Crippen molar-refractivity contribution in [3.63, 3.8) is 0 Å². The molecule has 232 valence electrons. The third-order valence-corrected chi connectivity index (χ3v) is 9.42. The van der Waals surface area contributed by atoms with Crippen LogP contribution in [0.15, 0.2) is 47.2 Å². The Hall–Kier alpha value is -4.39. The number of fused-ring (bicyclic) bond motifs is 4. The lowest BCUT2D eigenvalue weighted by Crippen LogP contribution is -2.65. The van der Waals surface area contributed by atoms with Gasteiger partial charge in [0.1, 0.15) is 35.3 Å². The highest BCUT2D eigenvalue weighted by Gasteiger charge is 2.64. The molecule has 3 aliphatic carbocycles. The molecule has 0 saturated heterocycles. The highest BCUT2D eigenvalue weighted by Crippen LogP contribution is 2.54. The van der Waals surface area contributed by atoms with Gasteiger partial charge >= 0.3 is 0 Å². The lowest BCUT2D eigenvalue weighted by Gasteiger charge is -2.50. The summed E-state index contributed by atoms with van der Waals surface area (Å²) in [5, 5.41) is 46.3. The number of hydrogen-bond donors (Lipinski definition) is 5. The molecular weight excluding hydrogens is 568 g/mol. The molecule has 2 aromatic carbocycles. The summed E-state index contributed by atoms with van der Waals surface area (Å²) in [7, 11) is 6.83. The predicted octanol–water partition coefficient (Wildman–Crippen LogP) is 1.38. The molecule has 1 unspecified atom stereocenters. The van der Waals surface area contributed by atoms with Gasteiger partial charge in [-0.15, -0.1) is 0 Å². The Bertz CT molecular complexity index is 1680. The van der Waals surface area contributed by atoms with Crippen LogP contribution in [0.5, 0.6) is 11.5 Å². The van der Waals surface area contributed by atoms with E-state index in [2.05, 4.69) is 0 Å². The molecule has 6 rings (SSSR count). The van der Waals surface area contributed by atoms with Gasteiger partial charge in [-0.05, 0) is 50.6 Å². The second-order valence-corrected chi connectivity index (χ2v) is 12.5. The fourth-order valence-corrected chi connectivity index (χ4v) is 7.43. The van der Waals surface area contributed by atoms with Gasteiger partial charge in [0.25, 0.3) is 5.91 Å².